The van der Waals surface area contributed by atoms with Gasteiger partial charge in [0.1, 0.15) is 0 Å². The van der Waals surface area contributed by atoms with Crippen LogP contribution in [0.15, 0.2) is 30.3 Å². The molecule has 0 saturated heterocycles. The summed E-state index contributed by atoms with van der Waals surface area (Å²) in [5.74, 6) is -0.0209. The summed E-state index contributed by atoms with van der Waals surface area (Å²) in [4.78, 5) is 2.22. The Morgan fingerprint density at radius 1 is 1.13 bits per heavy atom. The highest BCUT2D eigenvalue weighted by Crippen LogP contribution is 2.12. The van der Waals surface area contributed by atoms with Crippen LogP contribution in [0.3, 0.4) is 0 Å². The van der Waals surface area contributed by atoms with E-state index in [9.17, 15) is 8.42 Å². The van der Waals surface area contributed by atoms with Gasteiger partial charge in [0.2, 0.25) is 10.0 Å². The molecule has 0 unspecified atom stereocenters. The fourth-order valence-electron chi connectivity index (χ4n) is 2.09. The first-order valence-electron chi connectivity index (χ1n) is 7.93. The van der Waals surface area contributed by atoms with Gasteiger partial charge in [0.25, 0.3) is 0 Å². The number of benzene rings is 1. The Kier molecular flexibility index (Phi) is 9.86. The molecule has 6 nitrogen and oxygen atoms in total. The third kappa shape index (κ3) is 8.90. The van der Waals surface area contributed by atoms with Gasteiger partial charge in [0.05, 0.1) is 25.6 Å². The Morgan fingerprint density at radius 2 is 1.87 bits per heavy atom. The molecule has 1 aromatic rings. The monoisotopic (exact) mass is 344 g/mol. The zero-order valence-corrected chi connectivity index (χ0v) is 14.8. The van der Waals surface area contributed by atoms with E-state index in [1.807, 2.05) is 18.2 Å². The van der Waals surface area contributed by atoms with Crippen LogP contribution in [0, 0.1) is 0 Å². The van der Waals surface area contributed by atoms with Crippen molar-refractivity contribution in [2.24, 2.45) is 0 Å². The number of nitrogens with zero attached hydrogens (tertiary/aromatic N) is 1. The van der Waals surface area contributed by atoms with Crippen molar-refractivity contribution in [1.82, 2.24) is 4.72 Å². The maximum absolute atomic E-state index is 11.8. The van der Waals surface area contributed by atoms with Gasteiger partial charge in [-0.15, -0.1) is 0 Å². The number of ether oxygens (including phenoxy) is 2. The average Bonchev–Trinajstić information content (AvgIpc) is 2.55. The Balaban J connectivity index is 2.22. The molecule has 132 valence electrons. The van der Waals surface area contributed by atoms with Crippen LogP contribution in [0.4, 0.5) is 5.69 Å². The molecule has 0 spiro atoms. The minimum absolute atomic E-state index is 0.0209. The average molecular weight is 344 g/mol. The number of anilines is 1. The van der Waals surface area contributed by atoms with Crippen molar-refractivity contribution < 1.29 is 17.9 Å². The molecule has 0 heterocycles. The summed E-state index contributed by atoms with van der Waals surface area (Å²) in [6, 6.07) is 10.1. The molecule has 1 rings (SSSR count). The standard InChI is InChI=1S/C16H28N2O4S/c1-3-18(16-8-5-4-6-9-16)11-7-10-17-23(19,20)15-14-22-13-12-21-2/h4-6,8-9,17H,3,7,10-15H2,1-2H3. The normalized spacial score (nSPS) is 11.6. The van der Waals surface area contributed by atoms with Crippen LogP contribution in [0.1, 0.15) is 13.3 Å². The van der Waals surface area contributed by atoms with E-state index in [2.05, 4.69) is 28.7 Å². The number of nitrogens with one attached hydrogen (secondary N) is 1. The van der Waals surface area contributed by atoms with Crippen molar-refractivity contribution in [1.29, 1.82) is 0 Å². The molecule has 7 heteroatoms. The SMILES string of the molecule is CCN(CCCNS(=O)(=O)CCOCCOC)c1ccccc1. The molecule has 1 aromatic carbocycles. The van der Waals surface area contributed by atoms with E-state index in [-0.39, 0.29) is 12.4 Å². The Labute approximate surface area is 139 Å². The number of hydrogen-bond acceptors (Lipinski definition) is 5. The van der Waals surface area contributed by atoms with Gasteiger partial charge in [-0.2, -0.15) is 0 Å². The van der Waals surface area contributed by atoms with Crippen LogP contribution in [-0.4, -0.2) is 60.7 Å². The van der Waals surface area contributed by atoms with Gasteiger partial charge < -0.3 is 14.4 Å². The molecular weight excluding hydrogens is 316 g/mol. The van der Waals surface area contributed by atoms with E-state index in [0.29, 0.717) is 19.8 Å². The number of rotatable bonds is 13. The third-order valence-corrected chi connectivity index (χ3v) is 4.71. The summed E-state index contributed by atoms with van der Waals surface area (Å²) in [5.41, 5.74) is 1.16. The number of methoxy groups -OCH3 is 1. The van der Waals surface area contributed by atoms with Gasteiger partial charge in [-0.05, 0) is 25.5 Å². The summed E-state index contributed by atoms with van der Waals surface area (Å²) < 4.78 is 36.2. The molecule has 0 fully saturated rings. The second-order valence-corrected chi connectivity index (χ2v) is 7.01. The lowest BCUT2D eigenvalue weighted by Gasteiger charge is -2.23. The van der Waals surface area contributed by atoms with Crippen molar-refractivity contribution in [3.63, 3.8) is 0 Å². The summed E-state index contributed by atoms with van der Waals surface area (Å²) in [6.07, 6.45) is 0.756. The fraction of sp³-hybridized carbons (Fsp3) is 0.625. The maximum Gasteiger partial charge on any atom is 0.213 e. The second kappa shape index (κ2) is 11.4. The molecule has 0 aliphatic heterocycles. The summed E-state index contributed by atoms with van der Waals surface area (Å²) in [6.45, 7) is 5.30. The Morgan fingerprint density at radius 3 is 2.52 bits per heavy atom. The molecule has 0 amide bonds. The third-order valence-electron chi connectivity index (χ3n) is 3.36. The van der Waals surface area contributed by atoms with Crippen LogP contribution < -0.4 is 9.62 Å². The van der Waals surface area contributed by atoms with Gasteiger partial charge in [-0.1, -0.05) is 18.2 Å². The van der Waals surface area contributed by atoms with Gasteiger partial charge >= 0.3 is 0 Å². The van der Waals surface area contributed by atoms with Crippen LogP contribution >= 0.6 is 0 Å². The highest BCUT2D eigenvalue weighted by Gasteiger charge is 2.10. The van der Waals surface area contributed by atoms with Gasteiger partial charge in [-0.3, -0.25) is 0 Å². The minimum atomic E-state index is -3.27. The maximum atomic E-state index is 11.8. The van der Waals surface area contributed by atoms with E-state index in [0.717, 1.165) is 25.2 Å². The molecular formula is C16H28N2O4S. The molecule has 0 aliphatic rings. The predicted molar refractivity (Wildman–Crippen MR) is 93.4 cm³/mol. The summed E-state index contributed by atoms with van der Waals surface area (Å²) >= 11 is 0. The van der Waals surface area contributed by atoms with Crippen LogP contribution in [-0.2, 0) is 19.5 Å². The molecule has 0 aromatic heterocycles. The van der Waals surface area contributed by atoms with Crippen molar-refractivity contribution in [2.75, 3.05) is 57.2 Å². The van der Waals surface area contributed by atoms with Crippen LogP contribution in [0.25, 0.3) is 0 Å². The molecule has 0 bridgehead atoms. The first kappa shape index (κ1) is 19.9. The number of para-hydroxylation sites is 1. The van der Waals surface area contributed by atoms with Gasteiger partial charge in [-0.25, -0.2) is 13.1 Å². The van der Waals surface area contributed by atoms with Crippen molar-refractivity contribution in [3.05, 3.63) is 30.3 Å². The quantitative estimate of drug-likeness (QED) is 0.549. The number of sulfonamides is 1. The molecule has 1 N–H and O–H groups in total. The lowest BCUT2D eigenvalue weighted by Crippen LogP contribution is -2.32. The van der Waals surface area contributed by atoms with E-state index in [1.165, 1.54) is 0 Å². The Bertz CT molecular complexity index is 508. The van der Waals surface area contributed by atoms with Gasteiger partial charge in [0.15, 0.2) is 0 Å². The fourth-order valence-corrected chi connectivity index (χ4v) is 3.03. The molecule has 0 radical (unpaired) electrons. The summed E-state index contributed by atoms with van der Waals surface area (Å²) in [5, 5.41) is 0. The van der Waals surface area contributed by atoms with Crippen LogP contribution in [0.5, 0.6) is 0 Å². The van der Waals surface area contributed by atoms with E-state index >= 15 is 0 Å². The lowest BCUT2D eigenvalue weighted by atomic mass is 10.2. The smallest absolute Gasteiger partial charge is 0.213 e. The van der Waals surface area contributed by atoms with E-state index in [1.54, 1.807) is 7.11 Å². The van der Waals surface area contributed by atoms with Crippen molar-refractivity contribution in [2.45, 2.75) is 13.3 Å². The van der Waals surface area contributed by atoms with E-state index in [4.69, 9.17) is 9.47 Å². The highest BCUT2D eigenvalue weighted by atomic mass is 32.2. The zero-order chi connectivity index (χ0) is 17.0. The van der Waals surface area contributed by atoms with E-state index < -0.39 is 10.0 Å². The second-order valence-electron chi connectivity index (χ2n) is 5.09. The first-order valence-corrected chi connectivity index (χ1v) is 9.58. The van der Waals surface area contributed by atoms with Crippen LogP contribution in [0.2, 0.25) is 0 Å². The zero-order valence-electron chi connectivity index (χ0n) is 14.0. The molecule has 0 saturated carbocycles. The minimum Gasteiger partial charge on any atom is -0.382 e. The molecule has 23 heavy (non-hydrogen) atoms. The number of hydrogen-bond donors (Lipinski definition) is 1. The highest BCUT2D eigenvalue weighted by molar-refractivity contribution is 7.89. The van der Waals surface area contributed by atoms with Crippen molar-refractivity contribution in [3.8, 4) is 0 Å². The predicted octanol–water partition coefficient (Wildman–Crippen LogP) is 1.49. The molecule has 0 aliphatic carbocycles. The Hall–Kier alpha value is -1.15. The largest absolute Gasteiger partial charge is 0.382 e. The van der Waals surface area contributed by atoms with Crippen molar-refractivity contribution >= 4 is 15.7 Å². The first-order chi connectivity index (χ1) is 11.1. The lowest BCUT2D eigenvalue weighted by molar-refractivity contribution is 0.0784. The topological polar surface area (TPSA) is 67.9 Å². The van der Waals surface area contributed by atoms with Gasteiger partial charge in [0, 0.05) is 32.4 Å². The molecule has 0 atom stereocenters. The summed E-state index contributed by atoms with van der Waals surface area (Å²) in [7, 11) is -1.69.